The number of nitriles is 1. The zero-order valence-corrected chi connectivity index (χ0v) is 15.3. The van der Waals surface area contributed by atoms with E-state index in [4.69, 9.17) is 5.26 Å². The molecule has 3 rings (SSSR count). The van der Waals surface area contributed by atoms with Gasteiger partial charge in [0.2, 0.25) is 10.0 Å². The van der Waals surface area contributed by atoms with Crippen molar-refractivity contribution in [2.75, 3.05) is 26.2 Å². The number of sulfonamides is 1. The Morgan fingerprint density at radius 3 is 2.68 bits per heavy atom. The first-order valence-corrected chi connectivity index (χ1v) is 9.84. The van der Waals surface area contributed by atoms with Crippen LogP contribution in [0.5, 0.6) is 0 Å². The summed E-state index contributed by atoms with van der Waals surface area (Å²) in [5, 5.41) is 9.66. The molecule has 0 N–H and O–H groups in total. The number of piperazine rings is 1. The molecular weight excluding hydrogens is 336 g/mol. The van der Waals surface area contributed by atoms with Gasteiger partial charge in [0.1, 0.15) is 4.90 Å². The third-order valence-corrected chi connectivity index (χ3v) is 6.64. The molecule has 1 fully saturated rings. The standard InChI is InChI=1S/C18H22N4O2S/c1-14-12-16-4-3-5-17(18(16)20-13-14)25(23,24)22-10-8-21(9-11-22)15(2)6-7-19/h3-5,12-13,15H,6,8-11H2,1-2H3. The van der Waals surface area contributed by atoms with Crippen LogP contribution in [0.1, 0.15) is 18.9 Å². The smallest absolute Gasteiger partial charge is 0.245 e. The maximum atomic E-state index is 13.1. The van der Waals surface area contributed by atoms with Crippen molar-refractivity contribution < 1.29 is 8.42 Å². The third kappa shape index (κ3) is 3.52. The maximum absolute atomic E-state index is 13.1. The van der Waals surface area contributed by atoms with Gasteiger partial charge in [-0.1, -0.05) is 12.1 Å². The molecule has 1 aromatic carbocycles. The van der Waals surface area contributed by atoms with Crippen molar-refractivity contribution in [1.29, 1.82) is 5.26 Å². The summed E-state index contributed by atoms with van der Waals surface area (Å²) in [4.78, 5) is 6.79. The van der Waals surface area contributed by atoms with Crippen LogP contribution in [-0.4, -0.2) is 54.8 Å². The molecule has 0 saturated carbocycles. The van der Waals surface area contributed by atoms with Crippen molar-refractivity contribution in [2.24, 2.45) is 0 Å². The van der Waals surface area contributed by atoms with Gasteiger partial charge in [-0.2, -0.15) is 9.57 Å². The number of para-hydroxylation sites is 1. The predicted octanol–water partition coefficient (Wildman–Crippen LogP) is 2.15. The second-order valence-corrected chi connectivity index (χ2v) is 8.40. The van der Waals surface area contributed by atoms with Gasteiger partial charge in [-0.05, 0) is 31.5 Å². The van der Waals surface area contributed by atoms with Crippen molar-refractivity contribution in [3.05, 3.63) is 36.0 Å². The molecule has 0 radical (unpaired) electrons. The molecule has 0 bridgehead atoms. The van der Waals surface area contributed by atoms with Crippen LogP contribution in [0.4, 0.5) is 0 Å². The largest absolute Gasteiger partial charge is 0.297 e. The number of hydrogen-bond donors (Lipinski definition) is 0. The molecule has 6 nitrogen and oxygen atoms in total. The van der Waals surface area contributed by atoms with Gasteiger partial charge in [0.25, 0.3) is 0 Å². The van der Waals surface area contributed by atoms with Crippen LogP contribution in [0.15, 0.2) is 35.4 Å². The molecule has 1 saturated heterocycles. The van der Waals surface area contributed by atoms with E-state index >= 15 is 0 Å². The van der Waals surface area contributed by atoms with E-state index in [0.29, 0.717) is 38.1 Å². The lowest BCUT2D eigenvalue weighted by atomic mass is 10.2. The Kier molecular flexibility index (Phi) is 5.04. The summed E-state index contributed by atoms with van der Waals surface area (Å²) in [6, 6.07) is 9.55. The molecule has 1 aromatic heterocycles. The van der Waals surface area contributed by atoms with E-state index in [9.17, 15) is 8.42 Å². The third-order valence-electron chi connectivity index (χ3n) is 4.71. The Labute approximate surface area is 148 Å². The molecule has 132 valence electrons. The average molecular weight is 358 g/mol. The Hall–Kier alpha value is -2.01. The van der Waals surface area contributed by atoms with Crippen LogP contribution in [0.3, 0.4) is 0 Å². The predicted molar refractivity (Wildman–Crippen MR) is 96.5 cm³/mol. The van der Waals surface area contributed by atoms with Crippen LogP contribution in [-0.2, 0) is 10.0 Å². The Morgan fingerprint density at radius 1 is 1.28 bits per heavy atom. The lowest BCUT2D eigenvalue weighted by Gasteiger charge is -2.36. The summed E-state index contributed by atoms with van der Waals surface area (Å²) in [5.41, 5.74) is 1.52. The van der Waals surface area contributed by atoms with Gasteiger partial charge in [-0.15, -0.1) is 0 Å². The van der Waals surface area contributed by atoms with Crippen LogP contribution >= 0.6 is 0 Å². The van der Waals surface area contributed by atoms with E-state index in [1.807, 2.05) is 26.0 Å². The van der Waals surface area contributed by atoms with E-state index in [0.717, 1.165) is 10.9 Å². The minimum absolute atomic E-state index is 0.150. The highest BCUT2D eigenvalue weighted by Gasteiger charge is 2.31. The lowest BCUT2D eigenvalue weighted by Crippen LogP contribution is -2.51. The minimum atomic E-state index is -3.58. The molecule has 1 unspecified atom stereocenters. The normalized spacial score (nSPS) is 18.1. The maximum Gasteiger partial charge on any atom is 0.245 e. The second kappa shape index (κ2) is 7.08. The zero-order valence-electron chi connectivity index (χ0n) is 14.5. The van der Waals surface area contributed by atoms with E-state index in [1.165, 1.54) is 4.31 Å². The number of hydrogen-bond acceptors (Lipinski definition) is 5. The van der Waals surface area contributed by atoms with Gasteiger partial charge in [-0.3, -0.25) is 9.88 Å². The van der Waals surface area contributed by atoms with Crippen molar-refractivity contribution in [1.82, 2.24) is 14.2 Å². The summed E-state index contributed by atoms with van der Waals surface area (Å²) in [7, 11) is -3.58. The fourth-order valence-electron chi connectivity index (χ4n) is 3.24. The molecule has 0 aliphatic carbocycles. The van der Waals surface area contributed by atoms with Crippen LogP contribution in [0.2, 0.25) is 0 Å². The average Bonchev–Trinajstić information content (AvgIpc) is 2.61. The molecule has 0 amide bonds. The van der Waals surface area contributed by atoms with Crippen LogP contribution in [0, 0.1) is 18.3 Å². The molecule has 2 aromatic rings. The molecule has 0 spiro atoms. The number of rotatable bonds is 4. The molecule has 2 heterocycles. The summed E-state index contributed by atoms with van der Waals surface area (Å²) in [6.07, 6.45) is 2.15. The first-order chi connectivity index (χ1) is 11.9. The Balaban J connectivity index is 1.85. The van der Waals surface area contributed by atoms with Gasteiger partial charge in [-0.25, -0.2) is 8.42 Å². The number of aromatic nitrogens is 1. The Bertz CT molecular complexity index is 912. The molecular formula is C18H22N4O2S. The Morgan fingerprint density at radius 2 is 2.00 bits per heavy atom. The van der Waals surface area contributed by atoms with E-state index in [1.54, 1.807) is 18.3 Å². The van der Waals surface area contributed by atoms with Gasteiger partial charge in [0.05, 0.1) is 18.0 Å². The number of pyridine rings is 1. The summed E-state index contributed by atoms with van der Waals surface area (Å²) < 4.78 is 27.7. The topological polar surface area (TPSA) is 77.3 Å². The van der Waals surface area contributed by atoms with Gasteiger partial charge in [0.15, 0.2) is 0 Å². The molecule has 7 heteroatoms. The van der Waals surface area contributed by atoms with Gasteiger partial charge < -0.3 is 0 Å². The van der Waals surface area contributed by atoms with E-state index in [2.05, 4.69) is 16.0 Å². The fraction of sp³-hybridized carbons (Fsp3) is 0.444. The quantitative estimate of drug-likeness (QED) is 0.837. The highest BCUT2D eigenvalue weighted by molar-refractivity contribution is 7.89. The van der Waals surface area contributed by atoms with Crippen molar-refractivity contribution in [3.63, 3.8) is 0 Å². The van der Waals surface area contributed by atoms with E-state index in [-0.39, 0.29) is 10.9 Å². The number of benzene rings is 1. The van der Waals surface area contributed by atoms with Crippen LogP contribution < -0.4 is 0 Å². The SMILES string of the molecule is Cc1cnc2c(S(=O)(=O)N3CCN(C(C)CC#N)CC3)cccc2c1. The zero-order chi connectivity index (χ0) is 18.0. The first-order valence-electron chi connectivity index (χ1n) is 8.40. The summed E-state index contributed by atoms with van der Waals surface area (Å²) in [5.74, 6) is 0. The second-order valence-electron chi connectivity index (χ2n) is 6.49. The molecule has 1 aliphatic rings. The minimum Gasteiger partial charge on any atom is -0.297 e. The highest BCUT2D eigenvalue weighted by atomic mass is 32.2. The fourth-order valence-corrected chi connectivity index (χ4v) is 4.82. The van der Waals surface area contributed by atoms with Gasteiger partial charge in [0, 0.05) is 43.8 Å². The number of aryl methyl sites for hydroxylation is 1. The molecule has 1 atom stereocenters. The van der Waals surface area contributed by atoms with Crippen molar-refractivity contribution >= 4 is 20.9 Å². The number of fused-ring (bicyclic) bond motifs is 1. The highest BCUT2D eigenvalue weighted by Crippen LogP contribution is 2.25. The molecule has 25 heavy (non-hydrogen) atoms. The van der Waals surface area contributed by atoms with Crippen molar-refractivity contribution in [3.8, 4) is 6.07 Å². The van der Waals surface area contributed by atoms with E-state index < -0.39 is 10.0 Å². The lowest BCUT2D eigenvalue weighted by molar-refractivity contribution is 0.147. The van der Waals surface area contributed by atoms with Crippen molar-refractivity contribution in [2.45, 2.75) is 31.2 Å². The van der Waals surface area contributed by atoms with Crippen LogP contribution in [0.25, 0.3) is 10.9 Å². The first kappa shape index (κ1) is 17.8. The van der Waals surface area contributed by atoms with Gasteiger partial charge >= 0.3 is 0 Å². The molecule has 1 aliphatic heterocycles. The number of nitrogens with zero attached hydrogens (tertiary/aromatic N) is 4. The monoisotopic (exact) mass is 358 g/mol. The summed E-state index contributed by atoms with van der Waals surface area (Å²) >= 11 is 0. The summed E-state index contributed by atoms with van der Waals surface area (Å²) in [6.45, 7) is 6.08.